The lowest BCUT2D eigenvalue weighted by atomic mass is 10.1. The molecule has 1 saturated heterocycles. The number of hydrogen-bond donors (Lipinski definition) is 2. The van der Waals surface area contributed by atoms with E-state index < -0.39 is 0 Å². The number of carbonyl (C=O) groups excluding carboxylic acids is 1. The van der Waals surface area contributed by atoms with E-state index in [1.807, 2.05) is 31.2 Å². The predicted octanol–water partition coefficient (Wildman–Crippen LogP) is 3.13. The van der Waals surface area contributed by atoms with E-state index in [1.54, 1.807) is 0 Å². The largest absolute Gasteiger partial charge is 0.371 e. The number of amides is 1. The molecule has 0 aliphatic carbocycles. The Hall–Kier alpha value is -2.82. The third-order valence-corrected chi connectivity index (χ3v) is 4.89. The summed E-state index contributed by atoms with van der Waals surface area (Å²) in [6.07, 6.45) is 1.09. The molecule has 3 aromatic rings. The normalized spacial score (nSPS) is 17.2. The second-order valence-electron chi connectivity index (χ2n) is 6.77. The van der Waals surface area contributed by atoms with E-state index >= 15 is 0 Å². The molecule has 4 rings (SSSR count). The molecule has 1 atom stereocenters. The Kier molecular flexibility index (Phi) is 4.14. The number of aromatic amines is 1. The number of para-hydroxylation sites is 1. The Bertz CT molecular complexity index is 887. The Morgan fingerprint density at radius 3 is 2.96 bits per heavy atom. The van der Waals surface area contributed by atoms with Crippen molar-refractivity contribution in [2.45, 2.75) is 13.3 Å². The first-order valence-corrected chi connectivity index (χ1v) is 8.73. The maximum absolute atomic E-state index is 12.5. The minimum absolute atomic E-state index is 0.102. The number of anilines is 1. The van der Waals surface area contributed by atoms with Gasteiger partial charge < -0.3 is 10.2 Å². The van der Waals surface area contributed by atoms with Crippen molar-refractivity contribution in [2.24, 2.45) is 5.92 Å². The maximum atomic E-state index is 12.5. The molecule has 2 N–H and O–H groups in total. The number of nitrogens with one attached hydrogen (secondary N) is 2. The molecule has 0 radical (unpaired) electrons. The van der Waals surface area contributed by atoms with Crippen LogP contribution in [0.25, 0.3) is 10.9 Å². The van der Waals surface area contributed by atoms with E-state index in [0.717, 1.165) is 36.0 Å². The van der Waals surface area contributed by atoms with Gasteiger partial charge in [0.2, 0.25) is 0 Å². The summed E-state index contributed by atoms with van der Waals surface area (Å²) in [5, 5.41) is 11.1. The van der Waals surface area contributed by atoms with Crippen LogP contribution in [0.1, 0.15) is 22.5 Å². The molecule has 0 saturated carbocycles. The molecule has 2 heterocycles. The monoisotopic (exact) mass is 334 g/mol. The summed E-state index contributed by atoms with van der Waals surface area (Å²) in [6, 6.07) is 16.4. The molecule has 128 valence electrons. The smallest absolute Gasteiger partial charge is 0.272 e. The highest BCUT2D eigenvalue weighted by atomic mass is 16.1. The fraction of sp³-hybridized carbons (Fsp3) is 0.300. The van der Waals surface area contributed by atoms with Gasteiger partial charge in [0.25, 0.3) is 5.91 Å². The van der Waals surface area contributed by atoms with Crippen molar-refractivity contribution in [1.82, 2.24) is 15.5 Å². The van der Waals surface area contributed by atoms with E-state index in [9.17, 15) is 4.79 Å². The number of aryl methyl sites for hydroxylation is 1. The van der Waals surface area contributed by atoms with Gasteiger partial charge in [-0.25, -0.2) is 0 Å². The summed E-state index contributed by atoms with van der Waals surface area (Å²) in [6.45, 7) is 4.72. The average molecular weight is 334 g/mol. The van der Waals surface area contributed by atoms with E-state index in [4.69, 9.17) is 0 Å². The van der Waals surface area contributed by atoms with E-state index in [0.29, 0.717) is 18.2 Å². The maximum Gasteiger partial charge on any atom is 0.272 e. The van der Waals surface area contributed by atoms with E-state index in [1.165, 1.54) is 5.69 Å². The molecule has 25 heavy (non-hydrogen) atoms. The summed E-state index contributed by atoms with van der Waals surface area (Å²) in [7, 11) is 0. The number of nitrogens with zero attached hydrogens (tertiary/aromatic N) is 2. The second kappa shape index (κ2) is 6.59. The predicted molar refractivity (Wildman–Crippen MR) is 99.9 cm³/mol. The van der Waals surface area contributed by atoms with Gasteiger partial charge in [-0.2, -0.15) is 5.10 Å². The van der Waals surface area contributed by atoms with E-state index in [2.05, 4.69) is 44.7 Å². The van der Waals surface area contributed by atoms with Gasteiger partial charge in [0.05, 0.1) is 5.52 Å². The average Bonchev–Trinajstić information content (AvgIpc) is 3.27. The van der Waals surface area contributed by atoms with Gasteiger partial charge in [-0.05, 0) is 43.5 Å². The SMILES string of the molecule is Cc1ccc2[nH]nc(C(=O)NCC3CCN(c4ccccc4)C3)c2c1. The third kappa shape index (κ3) is 3.22. The Morgan fingerprint density at radius 2 is 2.12 bits per heavy atom. The third-order valence-electron chi connectivity index (χ3n) is 4.89. The van der Waals surface area contributed by atoms with Crippen molar-refractivity contribution in [3.63, 3.8) is 0 Å². The minimum Gasteiger partial charge on any atom is -0.371 e. The fourth-order valence-electron chi connectivity index (χ4n) is 3.49. The summed E-state index contributed by atoms with van der Waals surface area (Å²) in [5.74, 6) is 0.367. The first-order valence-electron chi connectivity index (χ1n) is 8.73. The lowest BCUT2D eigenvalue weighted by Gasteiger charge is -2.18. The van der Waals surface area contributed by atoms with Gasteiger partial charge >= 0.3 is 0 Å². The van der Waals surface area contributed by atoms with Crippen LogP contribution in [0.15, 0.2) is 48.5 Å². The standard InChI is InChI=1S/C20H22N4O/c1-14-7-8-18-17(11-14)19(23-22-18)20(25)21-12-15-9-10-24(13-15)16-5-3-2-4-6-16/h2-8,11,15H,9-10,12-13H2,1H3,(H,21,25)(H,22,23). The molecule has 5 heteroatoms. The highest BCUT2D eigenvalue weighted by molar-refractivity contribution is 6.04. The van der Waals surface area contributed by atoms with Crippen LogP contribution >= 0.6 is 0 Å². The molecule has 0 spiro atoms. The number of hydrogen-bond acceptors (Lipinski definition) is 3. The number of rotatable bonds is 4. The van der Waals surface area contributed by atoms with Crippen LogP contribution in [0.4, 0.5) is 5.69 Å². The molecule has 1 aliphatic rings. The summed E-state index contributed by atoms with van der Waals surface area (Å²) < 4.78 is 0. The number of H-pyrrole nitrogens is 1. The number of aromatic nitrogens is 2. The van der Waals surface area contributed by atoms with Gasteiger partial charge in [-0.3, -0.25) is 9.89 Å². The molecule has 1 fully saturated rings. The Morgan fingerprint density at radius 1 is 1.28 bits per heavy atom. The molecule has 1 unspecified atom stereocenters. The van der Waals surface area contributed by atoms with Crippen LogP contribution in [-0.4, -0.2) is 35.7 Å². The Balaban J connectivity index is 1.38. The molecular formula is C20H22N4O. The molecule has 1 aliphatic heterocycles. The van der Waals surface area contributed by atoms with Crippen LogP contribution in [-0.2, 0) is 0 Å². The number of fused-ring (bicyclic) bond motifs is 1. The second-order valence-corrected chi connectivity index (χ2v) is 6.77. The first kappa shape index (κ1) is 15.7. The molecule has 1 aromatic heterocycles. The first-order chi connectivity index (χ1) is 12.2. The molecule has 0 bridgehead atoms. The van der Waals surface area contributed by atoms with Gasteiger partial charge in [0.1, 0.15) is 0 Å². The van der Waals surface area contributed by atoms with Crippen molar-refractivity contribution in [3.8, 4) is 0 Å². The zero-order chi connectivity index (χ0) is 17.2. The van der Waals surface area contributed by atoms with Crippen LogP contribution in [0, 0.1) is 12.8 Å². The van der Waals surface area contributed by atoms with E-state index in [-0.39, 0.29) is 5.91 Å². The number of benzene rings is 2. The topological polar surface area (TPSA) is 61.0 Å². The minimum atomic E-state index is -0.102. The fourth-order valence-corrected chi connectivity index (χ4v) is 3.49. The summed E-state index contributed by atoms with van der Waals surface area (Å²) in [4.78, 5) is 14.9. The van der Waals surface area contributed by atoms with Crippen molar-refractivity contribution >= 4 is 22.5 Å². The van der Waals surface area contributed by atoms with Gasteiger partial charge in [-0.1, -0.05) is 29.8 Å². The zero-order valence-corrected chi connectivity index (χ0v) is 14.3. The molecule has 2 aromatic carbocycles. The van der Waals surface area contributed by atoms with Crippen molar-refractivity contribution in [2.75, 3.05) is 24.5 Å². The Labute approximate surface area is 147 Å². The summed E-state index contributed by atoms with van der Waals surface area (Å²) >= 11 is 0. The molecular weight excluding hydrogens is 312 g/mol. The highest BCUT2D eigenvalue weighted by Crippen LogP contribution is 2.23. The highest BCUT2D eigenvalue weighted by Gasteiger charge is 2.24. The van der Waals surface area contributed by atoms with Gasteiger partial charge in [0, 0.05) is 30.7 Å². The van der Waals surface area contributed by atoms with Crippen molar-refractivity contribution in [1.29, 1.82) is 0 Å². The van der Waals surface area contributed by atoms with Gasteiger partial charge in [-0.15, -0.1) is 0 Å². The number of carbonyl (C=O) groups is 1. The van der Waals surface area contributed by atoms with Crippen LogP contribution in [0.2, 0.25) is 0 Å². The van der Waals surface area contributed by atoms with Crippen LogP contribution in [0.3, 0.4) is 0 Å². The van der Waals surface area contributed by atoms with Crippen molar-refractivity contribution < 1.29 is 4.79 Å². The molecule has 1 amide bonds. The van der Waals surface area contributed by atoms with Crippen molar-refractivity contribution in [3.05, 3.63) is 59.8 Å². The molecule has 5 nitrogen and oxygen atoms in total. The lowest BCUT2D eigenvalue weighted by molar-refractivity contribution is 0.0945. The van der Waals surface area contributed by atoms with Crippen LogP contribution < -0.4 is 10.2 Å². The lowest BCUT2D eigenvalue weighted by Crippen LogP contribution is -2.31. The summed E-state index contributed by atoms with van der Waals surface area (Å²) in [5.41, 5.74) is 3.76. The quantitative estimate of drug-likeness (QED) is 0.770. The van der Waals surface area contributed by atoms with Gasteiger partial charge in [0.15, 0.2) is 5.69 Å². The van der Waals surface area contributed by atoms with Crippen LogP contribution in [0.5, 0.6) is 0 Å². The zero-order valence-electron chi connectivity index (χ0n) is 14.3.